The molecular formula is C28H27N3O10. The predicted octanol–water partition coefficient (Wildman–Crippen LogP) is 2.23. The summed E-state index contributed by atoms with van der Waals surface area (Å²) in [6, 6.07) is 13.1. The fourth-order valence-corrected chi connectivity index (χ4v) is 4.25. The average Bonchev–Trinajstić information content (AvgIpc) is 3.27. The number of methoxy groups -OCH3 is 6. The number of ether oxygens (including phenoxy) is 6. The van der Waals surface area contributed by atoms with Crippen molar-refractivity contribution in [2.75, 3.05) is 42.7 Å². The fraction of sp³-hybridized carbons (Fsp3) is 0.214. The van der Waals surface area contributed by atoms with Crippen molar-refractivity contribution in [1.29, 1.82) is 0 Å². The molecule has 0 saturated heterocycles. The monoisotopic (exact) mass is 565 g/mol. The molecule has 4 aromatic rings. The minimum absolute atomic E-state index is 0.121. The molecule has 0 unspecified atom stereocenters. The van der Waals surface area contributed by atoms with Crippen molar-refractivity contribution in [2.24, 2.45) is 0 Å². The van der Waals surface area contributed by atoms with Crippen molar-refractivity contribution in [3.05, 3.63) is 86.7 Å². The van der Waals surface area contributed by atoms with Gasteiger partial charge in [-0.1, -0.05) is 18.2 Å². The summed E-state index contributed by atoms with van der Waals surface area (Å²) < 4.78 is 33.5. The molecule has 1 aromatic heterocycles. The quantitative estimate of drug-likeness (QED) is 0.297. The minimum atomic E-state index is -1.08. The van der Waals surface area contributed by atoms with Crippen LogP contribution in [-0.2, 0) is 0 Å². The molecule has 0 amide bonds. The normalized spacial score (nSPS) is 10.6. The molecule has 214 valence electrons. The Kier molecular flexibility index (Phi) is 8.17. The zero-order valence-corrected chi connectivity index (χ0v) is 23.1. The molecule has 0 aliphatic heterocycles. The maximum absolute atomic E-state index is 13.9. The lowest BCUT2D eigenvalue weighted by Gasteiger charge is -2.15. The van der Waals surface area contributed by atoms with Crippen molar-refractivity contribution in [1.82, 2.24) is 13.9 Å². The average molecular weight is 566 g/mol. The predicted molar refractivity (Wildman–Crippen MR) is 146 cm³/mol. The van der Waals surface area contributed by atoms with Crippen molar-refractivity contribution in [3.8, 4) is 40.2 Å². The lowest BCUT2D eigenvalue weighted by molar-refractivity contribution is 0.0840. The van der Waals surface area contributed by atoms with Gasteiger partial charge >= 0.3 is 11.4 Å². The van der Waals surface area contributed by atoms with E-state index >= 15 is 0 Å². The molecule has 1 heterocycles. The van der Waals surface area contributed by atoms with Crippen LogP contribution >= 0.6 is 0 Å². The first-order valence-electron chi connectivity index (χ1n) is 12.0. The Morgan fingerprint density at radius 3 is 1.17 bits per heavy atom. The molecule has 0 aliphatic carbocycles. The summed E-state index contributed by atoms with van der Waals surface area (Å²) in [6.45, 7) is 0. The lowest BCUT2D eigenvalue weighted by Crippen LogP contribution is -2.37. The molecule has 13 nitrogen and oxygen atoms in total. The highest BCUT2D eigenvalue weighted by Gasteiger charge is 2.30. The number of hydrogen-bond donors (Lipinski definition) is 0. The molecule has 4 rings (SSSR count). The Labute approximate surface area is 233 Å². The van der Waals surface area contributed by atoms with Gasteiger partial charge in [-0.3, -0.25) is 9.59 Å². The van der Waals surface area contributed by atoms with Gasteiger partial charge in [0.2, 0.25) is 11.5 Å². The third-order valence-electron chi connectivity index (χ3n) is 6.17. The molecule has 0 N–H and O–H groups in total. The minimum Gasteiger partial charge on any atom is -0.493 e. The Morgan fingerprint density at radius 2 is 0.878 bits per heavy atom. The topological polar surface area (TPSA) is 138 Å². The first-order valence-corrected chi connectivity index (χ1v) is 12.0. The van der Waals surface area contributed by atoms with Crippen LogP contribution in [0.5, 0.6) is 34.5 Å². The van der Waals surface area contributed by atoms with Crippen LogP contribution in [0.15, 0.2) is 64.2 Å². The van der Waals surface area contributed by atoms with E-state index in [2.05, 4.69) is 0 Å². The molecule has 3 aromatic carbocycles. The number of rotatable bonds is 9. The Bertz CT molecular complexity index is 1580. The second-order valence-electron chi connectivity index (χ2n) is 8.30. The van der Waals surface area contributed by atoms with Gasteiger partial charge in [0.1, 0.15) is 0 Å². The van der Waals surface area contributed by atoms with E-state index in [4.69, 9.17) is 28.4 Å². The Balaban J connectivity index is 2.03. The number of hydrogen-bond acceptors (Lipinski definition) is 10. The van der Waals surface area contributed by atoms with Crippen molar-refractivity contribution in [3.63, 3.8) is 0 Å². The van der Waals surface area contributed by atoms with Crippen LogP contribution in [0, 0.1) is 0 Å². The van der Waals surface area contributed by atoms with Crippen LogP contribution in [0.2, 0.25) is 0 Å². The van der Waals surface area contributed by atoms with Crippen LogP contribution in [0.25, 0.3) is 5.69 Å². The van der Waals surface area contributed by atoms with Crippen LogP contribution in [0.4, 0.5) is 0 Å². The molecule has 0 bridgehead atoms. The van der Waals surface area contributed by atoms with E-state index in [-0.39, 0.29) is 51.3 Å². The summed E-state index contributed by atoms with van der Waals surface area (Å²) >= 11 is 0. The molecule has 13 heteroatoms. The van der Waals surface area contributed by atoms with Gasteiger partial charge in [-0.25, -0.2) is 14.2 Å². The van der Waals surface area contributed by atoms with Crippen LogP contribution < -0.4 is 39.8 Å². The fourth-order valence-electron chi connectivity index (χ4n) is 4.25. The first-order chi connectivity index (χ1) is 19.8. The van der Waals surface area contributed by atoms with Gasteiger partial charge in [0.05, 0.1) is 48.3 Å². The van der Waals surface area contributed by atoms with E-state index in [0.717, 1.165) is 0 Å². The number of nitrogens with zero attached hydrogens (tertiary/aromatic N) is 3. The highest BCUT2D eigenvalue weighted by Crippen LogP contribution is 2.39. The van der Waals surface area contributed by atoms with Crippen LogP contribution in [0.3, 0.4) is 0 Å². The second kappa shape index (κ2) is 11.7. The summed E-state index contributed by atoms with van der Waals surface area (Å²) in [6.07, 6.45) is 0. The van der Waals surface area contributed by atoms with Gasteiger partial charge in [-0.15, -0.1) is 0 Å². The summed E-state index contributed by atoms with van der Waals surface area (Å²) in [4.78, 5) is 55.3. The third kappa shape index (κ3) is 4.88. The van der Waals surface area contributed by atoms with Gasteiger partial charge < -0.3 is 28.4 Å². The van der Waals surface area contributed by atoms with E-state index in [1.807, 2.05) is 0 Å². The van der Waals surface area contributed by atoms with Crippen LogP contribution in [0.1, 0.15) is 20.7 Å². The summed E-state index contributed by atoms with van der Waals surface area (Å²) in [5.74, 6) is -1.14. The Morgan fingerprint density at radius 1 is 0.537 bits per heavy atom. The first kappa shape index (κ1) is 28.5. The number of aromatic nitrogens is 3. The third-order valence-corrected chi connectivity index (χ3v) is 6.17. The maximum Gasteiger partial charge on any atom is 0.359 e. The number of carbonyl (C=O) groups is 2. The molecule has 0 saturated carbocycles. The van der Waals surface area contributed by atoms with Gasteiger partial charge in [0.15, 0.2) is 23.0 Å². The SMILES string of the molecule is COc1cc(C(=O)n2c(=O)n(-c3ccccc3)c(=O)n2C(=O)c2cc(OC)c(OC)c(OC)c2)cc(OC)c1OC. The molecular weight excluding hydrogens is 538 g/mol. The molecule has 41 heavy (non-hydrogen) atoms. The number of carbonyl (C=O) groups excluding carboxylic acids is 2. The standard InChI is InChI=1S/C28H27N3O10/c1-36-19-12-16(13-20(37-2)23(19)40-5)25(32)30-27(34)29(18-10-8-7-9-11-18)28(35)31(30)26(33)17-14-21(38-3)24(41-6)22(15-17)39-4/h7-15H,1-6H3. The summed E-state index contributed by atoms with van der Waals surface area (Å²) in [5.41, 5.74) is -2.27. The van der Waals surface area contributed by atoms with E-state index in [0.29, 0.717) is 13.9 Å². The van der Waals surface area contributed by atoms with Crippen molar-refractivity contribution in [2.45, 2.75) is 0 Å². The second-order valence-corrected chi connectivity index (χ2v) is 8.30. The van der Waals surface area contributed by atoms with E-state index in [1.54, 1.807) is 18.2 Å². The lowest BCUT2D eigenvalue weighted by atomic mass is 10.1. The van der Waals surface area contributed by atoms with E-state index in [1.165, 1.54) is 79.1 Å². The van der Waals surface area contributed by atoms with Gasteiger partial charge in [0, 0.05) is 11.1 Å². The van der Waals surface area contributed by atoms with Gasteiger partial charge in [0.25, 0.3) is 11.8 Å². The van der Waals surface area contributed by atoms with Gasteiger partial charge in [-0.05, 0) is 36.4 Å². The maximum atomic E-state index is 13.9. The molecule has 0 aliphatic rings. The zero-order chi connectivity index (χ0) is 29.8. The number of benzene rings is 3. The zero-order valence-electron chi connectivity index (χ0n) is 23.1. The molecule has 0 radical (unpaired) electrons. The smallest absolute Gasteiger partial charge is 0.359 e. The summed E-state index contributed by atoms with van der Waals surface area (Å²) in [5, 5.41) is 0. The van der Waals surface area contributed by atoms with Crippen molar-refractivity contribution < 1.29 is 38.0 Å². The molecule has 0 spiro atoms. The highest BCUT2D eigenvalue weighted by atomic mass is 16.5. The highest BCUT2D eigenvalue weighted by molar-refractivity contribution is 6.01. The summed E-state index contributed by atoms with van der Waals surface area (Å²) in [7, 11) is 8.20. The van der Waals surface area contributed by atoms with Crippen LogP contribution in [-0.4, -0.2) is 68.4 Å². The van der Waals surface area contributed by atoms with E-state index < -0.39 is 23.2 Å². The van der Waals surface area contributed by atoms with Gasteiger partial charge in [-0.2, -0.15) is 9.36 Å². The number of para-hydroxylation sites is 1. The molecule has 0 atom stereocenters. The Hall–Kier alpha value is -5.46. The van der Waals surface area contributed by atoms with E-state index in [9.17, 15) is 19.2 Å². The molecule has 0 fully saturated rings. The largest absolute Gasteiger partial charge is 0.493 e. The van der Waals surface area contributed by atoms with Crippen molar-refractivity contribution >= 4 is 11.8 Å².